The van der Waals surface area contributed by atoms with E-state index in [1.54, 1.807) is 0 Å². The van der Waals surface area contributed by atoms with Crippen molar-refractivity contribution >= 4 is 32.5 Å². The molecule has 0 bridgehead atoms. The van der Waals surface area contributed by atoms with E-state index in [0.717, 1.165) is 26.4 Å². The lowest BCUT2D eigenvalue weighted by Gasteiger charge is -2.04. The molecular weight excluding hydrogens is 312 g/mol. The van der Waals surface area contributed by atoms with Crippen LogP contribution in [0.5, 0.6) is 0 Å². The topological polar surface area (TPSA) is 17.1 Å². The van der Waals surface area contributed by atoms with Crippen LogP contribution in [0, 0.1) is 0 Å². The molecule has 0 radical (unpaired) electrons. The Bertz CT molecular complexity index is 763. The summed E-state index contributed by atoms with van der Waals surface area (Å²) in [6, 6.07) is 21.8. The smallest absolute Gasteiger partial charge is 0.167 e. The first-order valence-corrected chi connectivity index (χ1v) is 7.28. The van der Waals surface area contributed by atoms with E-state index in [1.807, 2.05) is 60.7 Å². The second-order valence-electron chi connectivity index (χ2n) is 4.79. The van der Waals surface area contributed by atoms with E-state index in [0.29, 0.717) is 6.42 Å². The van der Waals surface area contributed by atoms with Crippen molar-refractivity contribution < 1.29 is 4.79 Å². The maximum absolute atomic E-state index is 12.3. The number of rotatable bonds is 3. The van der Waals surface area contributed by atoms with Crippen LogP contribution in [0.4, 0.5) is 0 Å². The molecule has 0 aromatic heterocycles. The number of carbonyl (C=O) groups is 1. The van der Waals surface area contributed by atoms with E-state index in [2.05, 4.69) is 22.0 Å². The van der Waals surface area contributed by atoms with Crippen molar-refractivity contribution in [1.29, 1.82) is 0 Å². The van der Waals surface area contributed by atoms with Gasteiger partial charge in [-0.05, 0) is 34.5 Å². The molecule has 2 heteroatoms. The number of benzene rings is 3. The largest absolute Gasteiger partial charge is 0.294 e. The number of carbonyl (C=O) groups excluding carboxylic acids is 1. The number of Topliss-reactive ketones (excluding diaryl/α,β-unsaturated/α-hetero) is 1. The molecule has 0 N–H and O–H groups in total. The van der Waals surface area contributed by atoms with Gasteiger partial charge in [-0.25, -0.2) is 0 Å². The standard InChI is InChI=1S/C18H13BrO/c19-17-9-8-14-11-16(7-6-15(14)12-17)18(20)10-13-4-2-1-3-5-13/h1-9,11-12H,10H2. The van der Waals surface area contributed by atoms with Crippen LogP contribution in [0.25, 0.3) is 10.8 Å². The number of fused-ring (bicyclic) bond motifs is 1. The van der Waals surface area contributed by atoms with Gasteiger partial charge in [0.25, 0.3) is 0 Å². The summed E-state index contributed by atoms with van der Waals surface area (Å²) in [6.45, 7) is 0. The van der Waals surface area contributed by atoms with Crippen LogP contribution in [0.15, 0.2) is 71.2 Å². The Morgan fingerprint density at radius 2 is 1.55 bits per heavy atom. The number of hydrogen-bond acceptors (Lipinski definition) is 1. The van der Waals surface area contributed by atoms with Crippen molar-refractivity contribution in [3.05, 3.63) is 82.3 Å². The van der Waals surface area contributed by atoms with Gasteiger partial charge in [-0.15, -0.1) is 0 Å². The minimum Gasteiger partial charge on any atom is -0.294 e. The lowest BCUT2D eigenvalue weighted by Crippen LogP contribution is -2.03. The van der Waals surface area contributed by atoms with Crippen LogP contribution < -0.4 is 0 Å². The van der Waals surface area contributed by atoms with E-state index < -0.39 is 0 Å². The first kappa shape index (κ1) is 13.1. The maximum atomic E-state index is 12.3. The number of hydrogen-bond donors (Lipinski definition) is 0. The van der Waals surface area contributed by atoms with Gasteiger partial charge in [-0.2, -0.15) is 0 Å². The van der Waals surface area contributed by atoms with E-state index in [4.69, 9.17) is 0 Å². The molecule has 0 spiro atoms. The molecule has 1 nitrogen and oxygen atoms in total. The third-order valence-electron chi connectivity index (χ3n) is 3.33. The van der Waals surface area contributed by atoms with Gasteiger partial charge in [0.05, 0.1) is 0 Å². The highest BCUT2D eigenvalue weighted by atomic mass is 79.9. The fourth-order valence-electron chi connectivity index (χ4n) is 2.27. The summed E-state index contributed by atoms with van der Waals surface area (Å²) in [5.41, 5.74) is 1.82. The summed E-state index contributed by atoms with van der Waals surface area (Å²) < 4.78 is 1.05. The number of halogens is 1. The molecule has 0 atom stereocenters. The molecule has 98 valence electrons. The number of ketones is 1. The van der Waals surface area contributed by atoms with Gasteiger partial charge in [0.1, 0.15) is 0 Å². The van der Waals surface area contributed by atoms with Crippen molar-refractivity contribution in [2.24, 2.45) is 0 Å². The summed E-state index contributed by atoms with van der Waals surface area (Å²) in [5, 5.41) is 2.22. The van der Waals surface area contributed by atoms with Crippen LogP contribution in [-0.4, -0.2) is 5.78 Å². The average Bonchev–Trinajstić information content (AvgIpc) is 2.47. The fourth-order valence-corrected chi connectivity index (χ4v) is 2.65. The Hall–Kier alpha value is -1.93. The summed E-state index contributed by atoms with van der Waals surface area (Å²) in [7, 11) is 0. The first-order valence-electron chi connectivity index (χ1n) is 6.49. The van der Waals surface area contributed by atoms with E-state index >= 15 is 0 Å². The van der Waals surface area contributed by atoms with Crippen LogP contribution in [0.2, 0.25) is 0 Å². The lowest BCUT2D eigenvalue weighted by molar-refractivity contribution is 0.0993. The van der Waals surface area contributed by atoms with Crippen molar-refractivity contribution in [1.82, 2.24) is 0 Å². The second kappa shape index (κ2) is 5.59. The molecule has 3 aromatic rings. The highest BCUT2D eigenvalue weighted by molar-refractivity contribution is 9.10. The van der Waals surface area contributed by atoms with Gasteiger partial charge < -0.3 is 0 Å². The van der Waals surface area contributed by atoms with Crippen LogP contribution in [0.1, 0.15) is 15.9 Å². The predicted octanol–water partition coefficient (Wildman–Crippen LogP) is 5.03. The van der Waals surface area contributed by atoms with Crippen LogP contribution in [0.3, 0.4) is 0 Å². The molecule has 3 rings (SSSR count). The zero-order chi connectivity index (χ0) is 13.9. The molecule has 0 heterocycles. The third-order valence-corrected chi connectivity index (χ3v) is 3.83. The highest BCUT2D eigenvalue weighted by Gasteiger charge is 2.07. The summed E-state index contributed by atoms with van der Waals surface area (Å²) in [4.78, 5) is 12.3. The summed E-state index contributed by atoms with van der Waals surface area (Å²) in [6.07, 6.45) is 0.447. The van der Waals surface area contributed by atoms with Gasteiger partial charge in [-0.3, -0.25) is 4.79 Å². The first-order chi connectivity index (χ1) is 9.72. The quantitative estimate of drug-likeness (QED) is 0.618. The normalized spacial score (nSPS) is 10.7. The Labute approximate surface area is 126 Å². The molecular formula is C18H13BrO. The minimum atomic E-state index is 0.154. The van der Waals surface area contributed by atoms with Gasteiger partial charge in [-0.1, -0.05) is 64.5 Å². The molecule has 20 heavy (non-hydrogen) atoms. The highest BCUT2D eigenvalue weighted by Crippen LogP contribution is 2.21. The molecule has 0 saturated carbocycles. The van der Waals surface area contributed by atoms with Gasteiger partial charge >= 0.3 is 0 Å². The van der Waals surface area contributed by atoms with Crippen LogP contribution >= 0.6 is 15.9 Å². The SMILES string of the molecule is O=C(Cc1ccccc1)c1ccc2cc(Br)ccc2c1. The Balaban J connectivity index is 1.90. The Morgan fingerprint density at radius 3 is 2.35 bits per heavy atom. The Kier molecular flexibility index (Phi) is 3.66. The molecule has 0 aliphatic heterocycles. The zero-order valence-electron chi connectivity index (χ0n) is 10.8. The summed E-state index contributed by atoms with van der Waals surface area (Å²) >= 11 is 3.46. The van der Waals surface area contributed by atoms with Crippen molar-refractivity contribution in [2.75, 3.05) is 0 Å². The lowest BCUT2D eigenvalue weighted by atomic mass is 10.00. The van der Waals surface area contributed by atoms with Crippen molar-refractivity contribution in [3.63, 3.8) is 0 Å². The second-order valence-corrected chi connectivity index (χ2v) is 5.71. The van der Waals surface area contributed by atoms with Gasteiger partial charge in [0.15, 0.2) is 5.78 Å². The molecule has 3 aromatic carbocycles. The fraction of sp³-hybridized carbons (Fsp3) is 0.0556. The van der Waals surface area contributed by atoms with Gasteiger partial charge in [0, 0.05) is 16.5 Å². The zero-order valence-corrected chi connectivity index (χ0v) is 12.4. The van der Waals surface area contributed by atoms with Crippen molar-refractivity contribution in [2.45, 2.75) is 6.42 Å². The molecule has 0 unspecified atom stereocenters. The molecule has 0 saturated heterocycles. The summed E-state index contributed by atoms with van der Waals surface area (Å²) in [5.74, 6) is 0.154. The van der Waals surface area contributed by atoms with Crippen LogP contribution in [-0.2, 0) is 6.42 Å². The third kappa shape index (κ3) is 2.81. The Morgan fingerprint density at radius 1 is 0.850 bits per heavy atom. The monoisotopic (exact) mass is 324 g/mol. The maximum Gasteiger partial charge on any atom is 0.167 e. The van der Waals surface area contributed by atoms with E-state index in [-0.39, 0.29) is 5.78 Å². The molecule has 0 fully saturated rings. The van der Waals surface area contributed by atoms with Gasteiger partial charge in [0.2, 0.25) is 0 Å². The predicted molar refractivity (Wildman–Crippen MR) is 86.1 cm³/mol. The average molecular weight is 325 g/mol. The van der Waals surface area contributed by atoms with E-state index in [1.165, 1.54) is 0 Å². The minimum absolute atomic E-state index is 0.154. The van der Waals surface area contributed by atoms with E-state index in [9.17, 15) is 4.79 Å². The molecule has 0 aliphatic rings. The molecule has 0 aliphatic carbocycles. The molecule has 0 amide bonds. The van der Waals surface area contributed by atoms with Crippen molar-refractivity contribution in [3.8, 4) is 0 Å².